The quantitative estimate of drug-likeness (QED) is 0.750. The van der Waals surface area contributed by atoms with Gasteiger partial charge in [0.1, 0.15) is 0 Å². The lowest BCUT2D eigenvalue weighted by atomic mass is 10.1. The first kappa shape index (κ1) is 15.5. The Kier molecular flexibility index (Phi) is 5.33. The van der Waals surface area contributed by atoms with Crippen LogP contribution in [-0.4, -0.2) is 42.9 Å². The summed E-state index contributed by atoms with van der Waals surface area (Å²) in [5.41, 5.74) is 2.34. The van der Waals surface area contributed by atoms with Crippen molar-refractivity contribution in [1.82, 2.24) is 10.2 Å². The van der Waals surface area contributed by atoms with Crippen LogP contribution in [0.1, 0.15) is 36.2 Å². The van der Waals surface area contributed by atoms with E-state index >= 15 is 0 Å². The molecular weight excluding hydrogens is 266 g/mol. The van der Waals surface area contributed by atoms with Gasteiger partial charge in [-0.15, -0.1) is 0 Å². The molecule has 0 spiro atoms. The van der Waals surface area contributed by atoms with Crippen molar-refractivity contribution >= 4 is 17.5 Å². The normalized spacial score (nSPS) is 13.2. The molecule has 0 unspecified atom stereocenters. The minimum absolute atomic E-state index is 0.0122. The van der Waals surface area contributed by atoms with Crippen LogP contribution in [0.25, 0.3) is 0 Å². The molecular formula is C16H23N3O2. The minimum atomic E-state index is -0.0725. The summed E-state index contributed by atoms with van der Waals surface area (Å²) in [7, 11) is 0. The van der Waals surface area contributed by atoms with Crippen LogP contribution in [0.3, 0.4) is 0 Å². The van der Waals surface area contributed by atoms with Gasteiger partial charge in [0.25, 0.3) is 5.91 Å². The Morgan fingerprint density at radius 3 is 2.81 bits per heavy atom. The zero-order chi connectivity index (χ0) is 15.2. The van der Waals surface area contributed by atoms with Crippen molar-refractivity contribution in [3.05, 3.63) is 29.3 Å². The molecule has 5 nitrogen and oxygen atoms in total. The zero-order valence-electron chi connectivity index (χ0n) is 12.7. The van der Waals surface area contributed by atoms with Crippen molar-refractivity contribution in [2.24, 2.45) is 0 Å². The highest BCUT2D eigenvalue weighted by Crippen LogP contribution is 2.23. The fourth-order valence-electron chi connectivity index (χ4n) is 2.52. The van der Waals surface area contributed by atoms with E-state index in [0.29, 0.717) is 18.5 Å². The Hall–Kier alpha value is -1.88. The van der Waals surface area contributed by atoms with Crippen LogP contribution in [0.4, 0.5) is 5.69 Å². The predicted molar refractivity (Wildman–Crippen MR) is 83.5 cm³/mol. The van der Waals surface area contributed by atoms with Gasteiger partial charge in [-0.25, -0.2) is 0 Å². The summed E-state index contributed by atoms with van der Waals surface area (Å²) in [6.07, 6.45) is 1.30. The van der Waals surface area contributed by atoms with Gasteiger partial charge in [-0.05, 0) is 49.8 Å². The third kappa shape index (κ3) is 4.04. The van der Waals surface area contributed by atoms with Crippen molar-refractivity contribution in [2.75, 3.05) is 31.5 Å². The number of fused-ring (bicyclic) bond motifs is 1. The summed E-state index contributed by atoms with van der Waals surface area (Å²) in [6, 6.07) is 5.35. The summed E-state index contributed by atoms with van der Waals surface area (Å²) in [5.74, 6) is -0.0847. The third-order valence-corrected chi connectivity index (χ3v) is 3.82. The fraction of sp³-hybridized carbons (Fsp3) is 0.500. The number of carbonyl (C=O) groups excluding carboxylic acids is 2. The Balaban J connectivity index is 1.82. The van der Waals surface area contributed by atoms with Gasteiger partial charge in [-0.2, -0.15) is 0 Å². The molecule has 1 aromatic rings. The summed E-state index contributed by atoms with van der Waals surface area (Å²) >= 11 is 0. The van der Waals surface area contributed by atoms with E-state index in [4.69, 9.17) is 0 Å². The number of benzene rings is 1. The molecule has 0 aromatic heterocycles. The molecule has 1 aromatic carbocycles. The Labute approximate surface area is 125 Å². The molecule has 0 aliphatic carbocycles. The van der Waals surface area contributed by atoms with Crippen LogP contribution in [0.2, 0.25) is 0 Å². The smallest absolute Gasteiger partial charge is 0.251 e. The van der Waals surface area contributed by atoms with Crippen molar-refractivity contribution in [3.8, 4) is 0 Å². The van der Waals surface area contributed by atoms with Gasteiger partial charge in [-0.3, -0.25) is 9.59 Å². The number of amides is 2. The maximum atomic E-state index is 12.1. The van der Waals surface area contributed by atoms with Gasteiger partial charge < -0.3 is 15.5 Å². The predicted octanol–water partition coefficient (Wildman–Crippen LogP) is 1.64. The number of carbonyl (C=O) groups is 2. The van der Waals surface area contributed by atoms with E-state index in [1.165, 1.54) is 0 Å². The largest absolute Gasteiger partial charge is 0.352 e. The monoisotopic (exact) mass is 289 g/mol. The van der Waals surface area contributed by atoms with E-state index in [9.17, 15) is 9.59 Å². The van der Waals surface area contributed by atoms with Crippen molar-refractivity contribution in [2.45, 2.75) is 26.7 Å². The number of anilines is 1. The maximum absolute atomic E-state index is 12.1. The van der Waals surface area contributed by atoms with Crippen LogP contribution in [0.15, 0.2) is 18.2 Å². The first-order valence-electron chi connectivity index (χ1n) is 7.57. The van der Waals surface area contributed by atoms with Gasteiger partial charge in [0.15, 0.2) is 0 Å². The Morgan fingerprint density at radius 1 is 1.33 bits per heavy atom. The van der Waals surface area contributed by atoms with E-state index in [-0.39, 0.29) is 11.8 Å². The first-order valence-corrected chi connectivity index (χ1v) is 7.57. The average molecular weight is 289 g/mol. The fourth-order valence-corrected chi connectivity index (χ4v) is 2.52. The molecule has 114 valence electrons. The molecule has 0 bridgehead atoms. The molecule has 1 aliphatic heterocycles. The molecule has 0 radical (unpaired) electrons. The van der Waals surface area contributed by atoms with E-state index in [1.54, 1.807) is 18.2 Å². The molecule has 1 aliphatic rings. The highest BCUT2D eigenvalue weighted by atomic mass is 16.2. The molecule has 0 atom stereocenters. The van der Waals surface area contributed by atoms with Gasteiger partial charge in [0, 0.05) is 17.8 Å². The summed E-state index contributed by atoms with van der Waals surface area (Å²) in [6.45, 7) is 8.02. The molecule has 0 fully saturated rings. The topological polar surface area (TPSA) is 61.4 Å². The van der Waals surface area contributed by atoms with Crippen LogP contribution >= 0.6 is 0 Å². The minimum Gasteiger partial charge on any atom is -0.352 e. The molecule has 0 saturated carbocycles. The summed E-state index contributed by atoms with van der Waals surface area (Å²) in [5, 5.41) is 5.70. The third-order valence-electron chi connectivity index (χ3n) is 3.82. The molecule has 5 heteroatoms. The summed E-state index contributed by atoms with van der Waals surface area (Å²) < 4.78 is 0. The van der Waals surface area contributed by atoms with Gasteiger partial charge >= 0.3 is 0 Å². The van der Waals surface area contributed by atoms with Crippen LogP contribution < -0.4 is 10.6 Å². The highest BCUT2D eigenvalue weighted by molar-refractivity contribution is 6.01. The number of nitrogens with zero attached hydrogens (tertiary/aromatic N) is 1. The number of hydrogen-bond acceptors (Lipinski definition) is 3. The molecule has 0 saturated heterocycles. The SMILES string of the molecule is CCN(CC)CCCNC(=O)c1ccc2c(c1)CC(=O)N2. The zero-order valence-corrected chi connectivity index (χ0v) is 12.7. The van der Waals surface area contributed by atoms with E-state index < -0.39 is 0 Å². The standard InChI is InChI=1S/C16H23N3O2/c1-3-19(4-2)9-5-8-17-16(21)12-6-7-14-13(10-12)11-15(20)18-14/h6-7,10H,3-5,8-9,11H2,1-2H3,(H,17,21)(H,18,20). The first-order chi connectivity index (χ1) is 10.1. The van der Waals surface area contributed by atoms with E-state index in [1.807, 2.05) is 0 Å². The van der Waals surface area contributed by atoms with Crippen LogP contribution in [0, 0.1) is 0 Å². The second-order valence-electron chi connectivity index (χ2n) is 5.23. The van der Waals surface area contributed by atoms with Gasteiger partial charge in [0.05, 0.1) is 6.42 Å². The van der Waals surface area contributed by atoms with Crippen molar-refractivity contribution < 1.29 is 9.59 Å². The lowest BCUT2D eigenvalue weighted by Crippen LogP contribution is -2.29. The molecule has 21 heavy (non-hydrogen) atoms. The molecule has 1 heterocycles. The number of nitrogens with one attached hydrogen (secondary N) is 2. The van der Waals surface area contributed by atoms with Gasteiger partial charge in [-0.1, -0.05) is 13.8 Å². The lowest BCUT2D eigenvalue weighted by Gasteiger charge is -2.17. The summed E-state index contributed by atoms with van der Waals surface area (Å²) in [4.78, 5) is 25.7. The van der Waals surface area contributed by atoms with E-state index in [0.717, 1.165) is 37.3 Å². The van der Waals surface area contributed by atoms with Crippen molar-refractivity contribution in [1.29, 1.82) is 0 Å². The van der Waals surface area contributed by atoms with Crippen LogP contribution in [0.5, 0.6) is 0 Å². The molecule has 2 amide bonds. The highest BCUT2D eigenvalue weighted by Gasteiger charge is 2.18. The van der Waals surface area contributed by atoms with Crippen molar-refractivity contribution in [3.63, 3.8) is 0 Å². The average Bonchev–Trinajstić information content (AvgIpc) is 2.86. The lowest BCUT2D eigenvalue weighted by molar-refractivity contribution is -0.115. The Bertz CT molecular complexity index is 524. The number of rotatable bonds is 7. The van der Waals surface area contributed by atoms with E-state index in [2.05, 4.69) is 29.4 Å². The second kappa shape index (κ2) is 7.22. The molecule has 2 N–H and O–H groups in total. The Morgan fingerprint density at radius 2 is 2.10 bits per heavy atom. The van der Waals surface area contributed by atoms with Crippen LogP contribution in [-0.2, 0) is 11.2 Å². The molecule has 2 rings (SSSR count). The van der Waals surface area contributed by atoms with Gasteiger partial charge in [0.2, 0.25) is 5.91 Å². The second-order valence-corrected chi connectivity index (χ2v) is 5.23. The number of hydrogen-bond donors (Lipinski definition) is 2. The maximum Gasteiger partial charge on any atom is 0.251 e.